The average molecular weight is 170 g/mol. The molecular formula is C11H22O. The summed E-state index contributed by atoms with van der Waals surface area (Å²) in [7, 11) is 0. The van der Waals surface area contributed by atoms with E-state index in [0.29, 0.717) is 5.41 Å². The van der Waals surface area contributed by atoms with E-state index in [9.17, 15) is 5.11 Å². The molecule has 0 aliphatic carbocycles. The first-order chi connectivity index (χ1) is 5.58. The second-order valence-corrected chi connectivity index (χ2v) is 3.86. The largest absolute Gasteiger partial charge is 0.389 e. The summed E-state index contributed by atoms with van der Waals surface area (Å²) in [6, 6.07) is 0. The molecule has 0 aromatic carbocycles. The maximum Gasteiger partial charge on any atom is 0.0718 e. The molecule has 0 rings (SSSR count). The topological polar surface area (TPSA) is 20.2 Å². The van der Waals surface area contributed by atoms with E-state index in [1.54, 1.807) is 6.08 Å². The van der Waals surface area contributed by atoms with Crippen molar-refractivity contribution in [2.24, 2.45) is 5.41 Å². The van der Waals surface area contributed by atoms with E-state index in [1.165, 1.54) is 12.8 Å². The summed E-state index contributed by atoms with van der Waals surface area (Å²) in [6.07, 6.45) is 5.61. The zero-order valence-corrected chi connectivity index (χ0v) is 8.64. The third-order valence-corrected chi connectivity index (χ3v) is 3.02. The first-order valence-electron chi connectivity index (χ1n) is 4.88. The van der Waals surface area contributed by atoms with Crippen LogP contribution in [0, 0.1) is 5.41 Å². The second kappa shape index (κ2) is 5.36. The third kappa shape index (κ3) is 3.91. The van der Waals surface area contributed by atoms with Gasteiger partial charge in [0.2, 0.25) is 0 Å². The van der Waals surface area contributed by atoms with Crippen LogP contribution >= 0.6 is 0 Å². The van der Waals surface area contributed by atoms with Crippen molar-refractivity contribution in [3.63, 3.8) is 0 Å². The third-order valence-electron chi connectivity index (χ3n) is 3.02. The minimum atomic E-state index is -0.317. The van der Waals surface area contributed by atoms with E-state index >= 15 is 0 Å². The molecule has 0 aliphatic heterocycles. The molecule has 1 nitrogen and oxygen atoms in total. The van der Waals surface area contributed by atoms with Gasteiger partial charge in [-0.1, -0.05) is 39.7 Å². The number of rotatable bonds is 6. The first-order valence-corrected chi connectivity index (χ1v) is 4.88. The zero-order chi connectivity index (χ0) is 9.61. The molecule has 0 bridgehead atoms. The maximum atomic E-state index is 9.29. The van der Waals surface area contributed by atoms with Crippen LogP contribution in [0.25, 0.3) is 0 Å². The molecule has 0 aromatic heterocycles. The van der Waals surface area contributed by atoms with Crippen molar-refractivity contribution in [3.05, 3.63) is 12.7 Å². The van der Waals surface area contributed by atoms with Crippen LogP contribution in [0.5, 0.6) is 0 Å². The summed E-state index contributed by atoms with van der Waals surface area (Å²) >= 11 is 0. The molecular weight excluding hydrogens is 148 g/mol. The standard InChI is InChI=1S/C11H22O/c1-5-10(12)8-9-11(4,6-2)7-3/h5,10,12H,1,6-9H2,2-4H3. The monoisotopic (exact) mass is 170 g/mol. The fraction of sp³-hybridized carbons (Fsp3) is 0.818. The van der Waals surface area contributed by atoms with Crippen LogP contribution in [0.3, 0.4) is 0 Å². The van der Waals surface area contributed by atoms with Crippen molar-refractivity contribution in [3.8, 4) is 0 Å². The molecule has 0 saturated carbocycles. The van der Waals surface area contributed by atoms with Crippen LogP contribution in [0.2, 0.25) is 0 Å². The smallest absolute Gasteiger partial charge is 0.0718 e. The van der Waals surface area contributed by atoms with Gasteiger partial charge in [-0.2, -0.15) is 0 Å². The second-order valence-electron chi connectivity index (χ2n) is 3.86. The predicted molar refractivity (Wildman–Crippen MR) is 54.1 cm³/mol. The molecule has 0 heterocycles. The summed E-state index contributed by atoms with van der Waals surface area (Å²) in [5.41, 5.74) is 0.407. The number of hydrogen-bond donors (Lipinski definition) is 1. The van der Waals surface area contributed by atoms with Gasteiger partial charge in [0, 0.05) is 0 Å². The molecule has 1 atom stereocenters. The Balaban J connectivity index is 3.79. The van der Waals surface area contributed by atoms with Gasteiger partial charge in [0.25, 0.3) is 0 Å². The molecule has 0 radical (unpaired) electrons. The molecule has 0 amide bonds. The minimum Gasteiger partial charge on any atom is -0.389 e. The highest BCUT2D eigenvalue weighted by Gasteiger charge is 2.19. The summed E-state index contributed by atoms with van der Waals surface area (Å²) in [5, 5.41) is 9.29. The SMILES string of the molecule is C=CC(O)CCC(C)(CC)CC. The Labute approximate surface area is 76.5 Å². The number of hydrogen-bond acceptors (Lipinski definition) is 1. The summed E-state index contributed by atoms with van der Waals surface area (Å²) in [4.78, 5) is 0. The summed E-state index contributed by atoms with van der Waals surface area (Å²) in [6.45, 7) is 10.3. The van der Waals surface area contributed by atoms with E-state index in [2.05, 4.69) is 27.4 Å². The van der Waals surface area contributed by atoms with Gasteiger partial charge < -0.3 is 5.11 Å². The predicted octanol–water partition coefficient (Wildman–Crippen LogP) is 3.14. The lowest BCUT2D eigenvalue weighted by molar-refractivity contribution is 0.170. The molecule has 0 spiro atoms. The van der Waals surface area contributed by atoms with Crippen molar-refractivity contribution in [1.29, 1.82) is 0 Å². The highest BCUT2D eigenvalue weighted by molar-refractivity contribution is 4.81. The van der Waals surface area contributed by atoms with Gasteiger partial charge in [0.15, 0.2) is 0 Å². The Bertz CT molecular complexity index is 125. The number of aliphatic hydroxyl groups excluding tert-OH is 1. The Hall–Kier alpha value is -0.300. The molecule has 0 aromatic rings. The van der Waals surface area contributed by atoms with Crippen molar-refractivity contribution in [1.82, 2.24) is 0 Å². The van der Waals surface area contributed by atoms with E-state index < -0.39 is 0 Å². The fourth-order valence-electron chi connectivity index (χ4n) is 1.22. The average Bonchev–Trinajstić information content (AvgIpc) is 2.13. The van der Waals surface area contributed by atoms with Gasteiger partial charge in [-0.05, 0) is 18.3 Å². The molecule has 1 N–H and O–H groups in total. The summed E-state index contributed by atoms with van der Waals surface area (Å²) in [5.74, 6) is 0. The molecule has 0 aliphatic rings. The Morgan fingerprint density at radius 3 is 2.25 bits per heavy atom. The van der Waals surface area contributed by atoms with E-state index in [1.807, 2.05) is 0 Å². The van der Waals surface area contributed by atoms with Gasteiger partial charge in [-0.3, -0.25) is 0 Å². The molecule has 12 heavy (non-hydrogen) atoms. The highest BCUT2D eigenvalue weighted by atomic mass is 16.3. The van der Waals surface area contributed by atoms with E-state index in [-0.39, 0.29) is 6.10 Å². The molecule has 0 fully saturated rings. The summed E-state index contributed by atoms with van der Waals surface area (Å²) < 4.78 is 0. The van der Waals surface area contributed by atoms with Crippen molar-refractivity contribution in [2.75, 3.05) is 0 Å². The van der Waals surface area contributed by atoms with Crippen molar-refractivity contribution >= 4 is 0 Å². The Kier molecular flexibility index (Phi) is 5.23. The fourth-order valence-corrected chi connectivity index (χ4v) is 1.22. The molecule has 72 valence electrons. The van der Waals surface area contributed by atoms with Crippen LogP contribution in [-0.2, 0) is 0 Å². The highest BCUT2D eigenvalue weighted by Crippen LogP contribution is 2.31. The van der Waals surface area contributed by atoms with Gasteiger partial charge in [-0.15, -0.1) is 6.58 Å². The van der Waals surface area contributed by atoms with Gasteiger partial charge >= 0.3 is 0 Å². The van der Waals surface area contributed by atoms with Crippen LogP contribution in [-0.4, -0.2) is 11.2 Å². The maximum absolute atomic E-state index is 9.29. The lowest BCUT2D eigenvalue weighted by atomic mass is 9.80. The van der Waals surface area contributed by atoms with Gasteiger partial charge in [0.1, 0.15) is 0 Å². The van der Waals surface area contributed by atoms with Crippen LogP contribution in [0.15, 0.2) is 12.7 Å². The Morgan fingerprint density at radius 1 is 1.42 bits per heavy atom. The zero-order valence-electron chi connectivity index (χ0n) is 8.64. The normalized spacial score (nSPS) is 14.3. The van der Waals surface area contributed by atoms with Crippen molar-refractivity contribution in [2.45, 2.75) is 52.6 Å². The first kappa shape index (κ1) is 11.7. The Morgan fingerprint density at radius 2 is 1.92 bits per heavy atom. The van der Waals surface area contributed by atoms with E-state index in [4.69, 9.17) is 0 Å². The quantitative estimate of drug-likeness (QED) is 0.607. The van der Waals surface area contributed by atoms with Crippen LogP contribution in [0.1, 0.15) is 46.5 Å². The molecule has 1 heteroatoms. The van der Waals surface area contributed by atoms with Crippen LogP contribution < -0.4 is 0 Å². The minimum absolute atomic E-state index is 0.317. The van der Waals surface area contributed by atoms with Gasteiger partial charge in [0.05, 0.1) is 6.10 Å². The molecule has 1 unspecified atom stereocenters. The lowest BCUT2D eigenvalue weighted by Gasteiger charge is -2.27. The van der Waals surface area contributed by atoms with Crippen LogP contribution in [0.4, 0.5) is 0 Å². The van der Waals surface area contributed by atoms with Gasteiger partial charge in [-0.25, -0.2) is 0 Å². The number of aliphatic hydroxyl groups is 1. The molecule has 0 saturated heterocycles. The van der Waals surface area contributed by atoms with E-state index in [0.717, 1.165) is 12.8 Å². The van der Waals surface area contributed by atoms with Crippen molar-refractivity contribution < 1.29 is 5.11 Å². The lowest BCUT2D eigenvalue weighted by Crippen LogP contribution is -2.16.